The van der Waals surface area contributed by atoms with Gasteiger partial charge in [0.25, 0.3) is 5.91 Å². The number of amides is 1. The van der Waals surface area contributed by atoms with Gasteiger partial charge in [0, 0.05) is 59.7 Å². The number of carbonyl (C=O) groups excluding carboxylic acids is 1. The molecule has 1 amide bonds. The molecule has 0 bridgehead atoms. The molecule has 1 heterocycles. The summed E-state index contributed by atoms with van der Waals surface area (Å²) in [6.07, 6.45) is 5.83. The van der Waals surface area contributed by atoms with Gasteiger partial charge in [0.15, 0.2) is 0 Å². The number of carbonyl (C=O) groups is 1. The van der Waals surface area contributed by atoms with E-state index in [0.29, 0.717) is 35.1 Å². The van der Waals surface area contributed by atoms with Crippen molar-refractivity contribution >= 4 is 33.4 Å². The van der Waals surface area contributed by atoms with Crippen LogP contribution in [0.3, 0.4) is 0 Å². The van der Waals surface area contributed by atoms with Crippen LogP contribution in [-0.2, 0) is 23.3 Å². The van der Waals surface area contributed by atoms with Crippen molar-refractivity contribution in [1.82, 2.24) is 4.57 Å². The highest BCUT2D eigenvalue weighted by atomic mass is 79.9. The minimum absolute atomic E-state index is 0. The van der Waals surface area contributed by atoms with Crippen LogP contribution in [0.5, 0.6) is 17.2 Å². The number of pyridine rings is 1. The molecule has 0 aliphatic carbocycles. The molecule has 0 saturated carbocycles. The van der Waals surface area contributed by atoms with Crippen LogP contribution in [0.4, 0.5) is 14.5 Å². The third-order valence-corrected chi connectivity index (χ3v) is 8.39. The predicted molar refractivity (Wildman–Crippen MR) is 180 cm³/mol. The largest absolute Gasteiger partial charge is 1.00 e. The van der Waals surface area contributed by atoms with Crippen molar-refractivity contribution in [2.75, 3.05) is 38.2 Å². The molecule has 0 fully saturated rings. The summed E-state index contributed by atoms with van der Waals surface area (Å²) < 4.78 is 47.3. The van der Waals surface area contributed by atoms with Gasteiger partial charge in [-0.25, -0.2) is 8.78 Å². The first-order valence-corrected chi connectivity index (χ1v) is 16.8. The minimum Gasteiger partial charge on any atom is -1.00 e. The molecule has 0 saturated heterocycles. The number of anilines is 1. The SMILES string of the molecule is CCN(C(=O)c1cn(-c2cc(OC)cc(OCc3ccccc3C[S+](C)C)c2)c2cc(OC)ccc2c1=O)c1cc(F)cc(F)c1.[Br-]. The van der Waals surface area contributed by atoms with E-state index < -0.39 is 23.0 Å². The second-order valence-corrected chi connectivity index (χ2v) is 13.1. The number of hydrogen-bond donors (Lipinski definition) is 0. The van der Waals surface area contributed by atoms with Gasteiger partial charge >= 0.3 is 0 Å². The summed E-state index contributed by atoms with van der Waals surface area (Å²) in [6.45, 7) is 2.06. The Bertz CT molecular complexity index is 1950. The lowest BCUT2D eigenvalue weighted by atomic mass is 10.1. The van der Waals surface area contributed by atoms with E-state index in [1.807, 2.05) is 18.2 Å². The third kappa shape index (κ3) is 7.97. The fraction of sp³-hybridized carbons (Fsp3) is 0.222. The van der Waals surface area contributed by atoms with Crippen LogP contribution in [0.25, 0.3) is 16.6 Å². The molecule has 246 valence electrons. The number of fused-ring (bicyclic) bond motifs is 1. The van der Waals surface area contributed by atoms with Crippen LogP contribution in [0, 0.1) is 11.6 Å². The first-order valence-electron chi connectivity index (χ1n) is 14.6. The number of nitrogens with zero attached hydrogens (tertiary/aromatic N) is 2. The molecule has 1 aromatic heterocycles. The third-order valence-electron chi connectivity index (χ3n) is 7.50. The molecule has 0 aliphatic rings. The molecule has 0 spiro atoms. The first-order chi connectivity index (χ1) is 22.1. The molecule has 0 N–H and O–H groups in total. The highest BCUT2D eigenvalue weighted by molar-refractivity contribution is 7.94. The van der Waals surface area contributed by atoms with Crippen LogP contribution in [0.15, 0.2) is 89.9 Å². The molecule has 0 unspecified atom stereocenters. The van der Waals surface area contributed by atoms with E-state index in [2.05, 4.69) is 18.6 Å². The van der Waals surface area contributed by atoms with E-state index >= 15 is 0 Å². The highest BCUT2D eigenvalue weighted by Gasteiger charge is 2.24. The number of rotatable bonds is 11. The quantitative estimate of drug-likeness (QED) is 0.194. The molecule has 5 rings (SSSR count). The summed E-state index contributed by atoms with van der Waals surface area (Å²) in [6, 6.07) is 21.3. The average molecular weight is 726 g/mol. The molecule has 7 nitrogen and oxygen atoms in total. The van der Waals surface area contributed by atoms with Crippen molar-refractivity contribution in [3.63, 3.8) is 0 Å². The maximum atomic E-state index is 14.1. The number of benzene rings is 4. The van der Waals surface area contributed by atoms with Crippen LogP contribution in [0.1, 0.15) is 28.4 Å². The number of aromatic nitrogens is 1. The zero-order valence-electron chi connectivity index (χ0n) is 26.7. The van der Waals surface area contributed by atoms with E-state index in [0.717, 1.165) is 34.4 Å². The molecule has 0 atom stereocenters. The topological polar surface area (TPSA) is 70.0 Å². The zero-order chi connectivity index (χ0) is 33.0. The fourth-order valence-electron chi connectivity index (χ4n) is 5.29. The summed E-state index contributed by atoms with van der Waals surface area (Å²) >= 11 is 0. The van der Waals surface area contributed by atoms with Gasteiger partial charge in [-0.3, -0.25) is 9.59 Å². The Morgan fingerprint density at radius 3 is 2.15 bits per heavy atom. The first kappa shape index (κ1) is 35.5. The monoisotopic (exact) mass is 724 g/mol. The normalized spacial score (nSPS) is 10.9. The van der Waals surface area contributed by atoms with E-state index in [1.165, 1.54) is 18.9 Å². The second kappa shape index (κ2) is 15.5. The Kier molecular flexibility index (Phi) is 11.7. The van der Waals surface area contributed by atoms with Gasteiger partial charge in [-0.2, -0.15) is 0 Å². The number of ether oxygens (including phenoxy) is 3. The lowest BCUT2D eigenvalue weighted by Crippen LogP contribution is -3.00. The Morgan fingerprint density at radius 2 is 1.51 bits per heavy atom. The number of hydrogen-bond acceptors (Lipinski definition) is 5. The van der Waals surface area contributed by atoms with Gasteiger partial charge in [0.05, 0.1) is 37.9 Å². The van der Waals surface area contributed by atoms with Crippen molar-refractivity contribution in [3.05, 3.63) is 124 Å². The lowest BCUT2D eigenvalue weighted by Gasteiger charge is -2.22. The van der Waals surface area contributed by atoms with Crippen molar-refractivity contribution in [2.45, 2.75) is 19.3 Å². The van der Waals surface area contributed by atoms with Crippen LogP contribution >= 0.6 is 0 Å². The Hall–Kier alpha value is -4.35. The van der Waals surface area contributed by atoms with Crippen molar-refractivity contribution in [2.24, 2.45) is 0 Å². The van der Waals surface area contributed by atoms with E-state index in [9.17, 15) is 18.4 Å². The molecule has 5 aromatic rings. The molecule has 4 aromatic carbocycles. The number of methoxy groups -OCH3 is 2. The van der Waals surface area contributed by atoms with Gasteiger partial charge < -0.3 is 40.7 Å². The van der Waals surface area contributed by atoms with Gasteiger partial charge in [-0.15, -0.1) is 0 Å². The second-order valence-electron chi connectivity index (χ2n) is 10.9. The molecule has 0 aliphatic heterocycles. The maximum Gasteiger partial charge on any atom is 0.263 e. The van der Waals surface area contributed by atoms with Crippen molar-refractivity contribution in [3.8, 4) is 22.9 Å². The Morgan fingerprint density at radius 1 is 0.851 bits per heavy atom. The van der Waals surface area contributed by atoms with E-state index in [1.54, 1.807) is 55.0 Å². The van der Waals surface area contributed by atoms with Gasteiger partial charge in [0.1, 0.15) is 46.8 Å². The molecule has 47 heavy (non-hydrogen) atoms. The minimum atomic E-state index is -0.833. The van der Waals surface area contributed by atoms with E-state index in [4.69, 9.17) is 14.2 Å². The van der Waals surface area contributed by atoms with Crippen molar-refractivity contribution < 1.29 is 44.8 Å². The molecular weight excluding hydrogens is 690 g/mol. The Labute approximate surface area is 285 Å². The van der Waals surface area contributed by atoms with Gasteiger partial charge in [0.2, 0.25) is 5.43 Å². The zero-order valence-corrected chi connectivity index (χ0v) is 29.1. The van der Waals surface area contributed by atoms with E-state index in [-0.39, 0.29) is 51.1 Å². The number of halogens is 3. The van der Waals surface area contributed by atoms with Crippen molar-refractivity contribution in [1.29, 1.82) is 0 Å². The standard InChI is InChI=1S/C36H35F2N2O5S.BrH/c1-6-39(27-14-25(37)13-26(38)15-27)36(42)33-20-40(34-19-29(43-2)11-12-32(34)35(33)41)28-16-30(44-3)18-31(17-28)45-21-23-9-7-8-10-24(23)22-46(4)5;/h7-20H,6,21-22H2,1-5H3;1H/q+1;/p-1. The molecular formula is C36H35BrF2N2O5S. The highest BCUT2D eigenvalue weighted by Crippen LogP contribution is 2.30. The molecule has 0 radical (unpaired) electrons. The summed E-state index contributed by atoms with van der Waals surface area (Å²) in [4.78, 5) is 28.9. The Balaban J connectivity index is 0.00000500. The summed E-state index contributed by atoms with van der Waals surface area (Å²) in [5.41, 5.74) is 2.61. The van der Waals surface area contributed by atoms with Crippen LogP contribution in [0.2, 0.25) is 0 Å². The molecule has 11 heteroatoms. The maximum absolute atomic E-state index is 14.1. The van der Waals surface area contributed by atoms with Crippen LogP contribution in [-0.4, -0.2) is 43.8 Å². The predicted octanol–water partition coefficient (Wildman–Crippen LogP) is 3.91. The smallest absolute Gasteiger partial charge is 0.263 e. The fourth-order valence-corrected chi connectivity index (χ4v) is 6.19. The summed E-state index contributed by atoms with van der Waals surface area (Å²) in [5.74, 6) is 0.0995. The van der Waals surface area contributed by atoms with Gasteiger partial charge in [-0.05, 0) is 47.6 Å². The average Bonchev–Trinajstić information content (AvgIpc) is 3.03. The summed E-state index contributed by atoms with van der Waals surface area (Å²) in [5, 5.41) is 0.252. The summed E-state index contributed by atoms with van der Waals surface area (Å²) in [7, 11) is 3.28. The lowest BCUT2D eigenvalue weighted by molar-refractivity contribution is -0.0000195. The van der Waals surface area contributed by atoms with Gasteiger partial charge in [-0.1, -0.05) is 24.3 Å². The van der Waals surface area contributed by atoms with Crippen LogP contribution < -0.4 is 41.5 Å².